The zero-order valence-electron chi connectivity index (χ0n) is 6.07. The third kappa shape index (κ3) is 1.33. The summed E-state index contributed by atoms with van der Waals surface area (Å²) in [5.41, 5.74) is 0.845. The van der Waals surface area contributed by atoms with Crippen LogP contribution in [0.15, 0.2) is 30.3 Å². The summed E-state index contributed by atoms with van der Waals surface area (Å²) in [7, 11) is 0. The van der Waals surface area contributed by atoms with Crippen molar-refractivity contribution in [1.29, 1.82) is 0 Å². The molecular formula is C8H5FN2S. The minimum absolute atomic E-state index is 0.457. The molecule has 0 saturated heterocycles. The zero-order valence-corrected chi connectivity index (χ0v) is 6.88. The first-order chi connectivity index (χ1) is 5.86. The van der Waals surface area contributed by atoms with E-state index in [9.17, 15) is 4.39 Å². The van der Waals surface area contributed by atoms with Crippen LogP contribution in [0.5, 0.6) is 0 Å². The highest BCUT2D eigenvalue weighted by molar-refractivity contribution is 7.03. The number of benzene rings is 1. The van der Waals surface area contributed by atoms with Crippen molar-refractivity contribution in [2.45, 2.75) is 0 Å². The van der Waals surface area contributed by atoms with Gasteiger partial charge in [0.25, 0.3) is 5.26 Å². The minimum Gasteiger partial charge on any atom is -0.188 e. The molecule has 0 fully saturated rings. The first-order valence-corrected chi connectivity index (χ1v) is 4.18. The molecule has 0 spiro atoms. The lowest BCUT2D eigenvalue weighted by atomic mass is 10.2. The van der Waals surface area contributed by atoms with Gasteiger partial charge in [0.15, 0.2) is 5.82 Å². The van der Waals surface area contributed by atoms with Gasteiger partial charge in [-0.05, 0) is 0 Å². The fourth-order valence-corrected chi connectivity index (χ4v) is 1.34. The van der Waals surface area contributed by atoms with E-state index in [0.717, 1.165) is 17.1 Å². The van der Waals surface area contributed by atoms with Crippen molar-refractivity contribution < 1.29 is 4.39 Å². The monoisotopic (exact) mass is 180 g/mol. The van der Waals surface area contributed by atoms with Gasteiger partial charge in [0.05, 0.1) is 0 Å². The second-order valence-corrected chi connectivity index (χ2v) is 2.94. The summed E-state index contributed by atoms with van der Waals surface area (Å²) >= 11 is 0.771. The molecule has 2 aromatic rings. The molecule has 0 saturated carbocycles. The van der Waals surface area contributed by atoms with Gasteiger partial charge in [0.1, 0.15) is 0 Å². The number of hydrogen-bond acceptors (Lipinski definition) is 3. The summed E-state index contributed by atoms with van der Waals surface area (Å²) in [6.07, 6.45) is 0. The van der Waals surface area contributed by atoms with Crippen LogP contribution in [0.25, 0.3) is 11.4 Å². The molecule has 0 radical (unpaired) electrons. The van der Waals surface area contributed by atoms with Crippen molar-refractivity contribution in [1.82, 2.24) is 9.36 Å². The highest BCUT2D eigenvalue weighted by Crippen LogP contribution is 2.16. The molecule has 1 aromatic heterocycles. The van der Waals surface area contributed by atoms with Crippen molar-refractivity contribution in [3.63, 3.8) is 0 Å². The van der Waals surface area contributed by atoms with E-state index in [1.165, 1.54) is 0 Å². The molecule has 4 heteroatoms. The third-order valence-corrected chi connectivity index (χ3v) is 1.94. The van der Waals surface area contributed by atoms with Gasteiger partial charge in [-0.25, -0.2) is 0 Å². The largest absolute Gasteiger partial charge is 0.288 e. The average molecular weight is 180 g/mol. The maximum Gasteiger partial charge on any atom is 0.288 e. The van der Waals surface area contributed by atoms with E-state index in [2.05, 4.69) is 9.36 Å². The Kier molecular flexibility index (Phi) is 1.83. The molecule has 0 atom stereocenters. The van der Waals surface area contributed by atoms with Crippen molar-refractivity contribution in [2.75, 3.05) is 0 Å². The van der Waals surface area contributed by atoms with Gasteiger partial charge < -0.3 is 0 Å². The highest BCUT2D eigenvalue weighted by Gasteiger charge is 2.03. The van der Waals surface area contributed by atoms with Crippen LogP contribution in [-0.2, 0) is 0 Å². The lowest BCUT2D eigenvalue weighted by molar-refractivity contribution is 0.618. The zero-order chi connectivity index (χ0) is 8.39. The lowest BCUT2D eigenvalue weighted by Gasteiger charge is -1.90. The van der Waals surface area contributed by atoms with E-state index >= 15 is 0 Å². The average Bonchev–Trinajstić information content (AvgIpc) is 2.54. The third-order valence-electron chi connectivity index (χ3n) is 1.43. The van der Waals surface area contributed by atoms with Crippen LogP contribution in [0.1, 0.15) is 0 Å². The van der Waals surface area contributed by atoms with Crippen LogP contribution >= 0.6 is 11.5 Å². The van der Waals surface area contributed by atoms with Crippen molar-refractivity contribution in [3.05, 3.63) is 35.6 Å². The van der Waals surface area contributed by atoms with E-state index < -0.39 is 5.26 Å². The second-order valence-electron chi connectivity index (χ2n) is 2.24. The summed E-state index contributed by atoms with van der Waals surface area (Å²) in [5, 5.41) is -0.492. The van der Waals surface area contributed by atoms with Crippen LogP contribution in [0.2, 0.25) is 0 Å². The molecule has 0 aliphatic rings. The summed E-state index contributed by atoms with van der Waals surface area (Å²) < 4.78 is 16.3. The van der Waals surface area contributed by atoms with Gasteiger partial charge >= 0.3 is 0 Å². The standard InChI is InChI=1S/C8H5FN2S/c9-8-10-7(11-12-8)6-4-2-1-3-5-6/h1-5H. The highest BCUT2D eigenvalue weighted by atomic mass is 32.1. The maximum absolute atomic E-state index is 12.5. The van der Waals surface area contributed by atoms with Crippen LogP contribution in [0.4, 0.5) is 4.39 Å². The number of hydrogen-bond donors (Lipinski definition) is 0. The summed E-state index contributed by atoms with van der Waals surface area (Å²) in [4.78, 5) is 3.62. The quantitative estimate of drug-likeness (QED) is 0.673. The molecule has 0 aliphatic carbocycles. The first-order valence-electron chi connectivity index (χ1n) is 3.41. The van der Waals surface area contributed by atoms with Crippen LogP contribution in [-0.4, -0.2) is 9.36 Å². The predicted molar refractivity (Wildman–Crippen MR) is 45.3 cm³/mol. The molecule has 2 nitrogen and oxygen atoms in total. The SMILES string of the molecule is Fc1nc(-c2ccccc2)ns1. The number of aromatic nitrogens is 2. The number of nitrogens with zero attached hydrogens (tertiary/aromatic N) is 2. The Morgan fingerprint density at radius 3 is 2.50 bits per heavy atom. The number of rotatable bonds is 1. The van der Waals surface area contributed by atoms with Gasteiger partial charge in [0.2, 0.25) is 0 Å². The molecule has 2 rings (SSSR count). The molecule has 0 N–H and O–H groups in total. The van der Waals surface area contributed by atoms with E-state index in [0.29, 0.717) is 5.82 Å². The molecule has 0 unspecified atom stereocenters. The van der Waals surface area contributed by atoms with E-state index in [-0.39, 0.29) is 0 Å². The number of halogens is 1. The van der Waals surface area contributed by atoms with Gasteiger partial charge in [-0.1, -0.05) is 30.3 Å². The van der Waals surface area contributed by atoms with Gasteiger partial charge in [-0.3, -0.25) is 0 Å². The van der Waals surface area contributed by atoms with E-state index in [1.54, 1.807) is 0 Å². The van der Waals surface area contributed by atoms with Crippen LogP contribution < -0.4 is 0 Å². The fraction of sp³-hybridized carbons (Fsp3) is 0. The molecule has 0 bridgehead atoms. The Morgan fingerprint density at radius 2 is 1.92 bits per heavy atom. The van der Waals surface area contributed by atoms with Gasteiger partial charge in [-0.15, -0.1) is 0 Å². The molecule has 0 aliphatic heterocycles. The van der Waals surface area contributed by atoms with E-state index in [4.69, 9.17) is 0 Å². The molecule has 60 valence electrons. The second kappa shape index (κ2) is 2.98. The molecule has 0 amide bonds. The predicted octanol–water partition coefficient (Wildman–Crippen LogP) is 2.34. The molecular weight excluding hydrogens is 175 g/mol. The Hall–Kier alpha value is -1.29. The summed E-state index contributed by atoms with van der Waals surface area (Å²) in [5.74, 6) is 0.457. The summed E-state index contributed by atoms with van der Waals surface area (Å²) in [6.45, 7) is 0. The Balaban J connectivity index is 2.45. The van der Waals surface area contributed by atoms with Gasteiger partial charge in [0, 0.05) is 17.1 Å². The Morgan fingerprint density at radius 1 is 1.17 bits per heavy atom. The van der Waals surface area contributed by atoms with Crippen molar-refractivity contribution in [3.8, 4) is 11.4 Å². The maximum atomic E-state index is 12.5. The topological polar surface area (TPSA) is 25.8 Å². The first kappa shape index (κ1) is 7.36. The molecule has 1 aromatic carbocycles. The van der Waals surface area contributed by atoms with Crippen LogP contribution in [0, 0.1) is 5.26 Å². The lowest BCUT2D eigenvalue weighted by Crippen LogP contribution is -1.78. The minimum atomic E-state index is -0.492. The van der Waals surface area contributed by atoms with Gasteiger partial charge in [-0.2, -0.15) is 13.7 Å². The molecule has 1 heterocycles. The summed E-state index contributed by atoms with van der Waals surface area (Å²) in [6, 6.07) is 9.33. The molecule has 12 heavy (non-hydrogen) atoms. The Bertz CT molecular complexity index is 372. The Labute approximate surface area is 72.9 Å². The van der Waals surface area contributed by atoms with Crippen LogP contribution in [0.3, 0.4) is 0 Å². The van der Waals surface area contributed by atoms with E-state index in [1.807, 2.05) is 30.3 Å². The normalized spacial score (nSPS) is 10.1. The van der Waals surface area contributed by atoms with Crippen molar-refractivity contribution in [2.24, 2.45) is 0 Å². The fourth-order valence-electron chi connectivity index (χ4n) is 0.909. The van der Waals surface area contributed by atoms with Crippen molar-refractivity contribution >= 4 is 11.5 Å². The smallest absolute Gasteiger partial charge is 0.188 e.